The highest BCUT2D eigenvalue weighted by Crippen LogP contribution is 2.15. The molecule has 0 aliphatic rings. The standard InChI is InChI=1S/C25H21N3O4S/c29-28(30)24-16-14-22(15-17-24)18-20-33(31,32)27-25(23-12-5-2-6-13-23)26-19-8-7-11-21-9-3-1-4-10-21/h1-7,9-17,19,25,27H,8H2. The number of non-ortho nitro benzene ring substituents is 1. The minimum atomic E-state index is -4.02. The van der Waals surface area contributed by atoms with Crippen molar-refractivity contribution in [2.75, 3.05) is 0 Å². The van der Waals surface area contributed by atoms with Crippen LogP contribution in [0.25, 0.3) is 6.08 Å². The number of nitrogens with one attached hydrogen (secondary N) is 1. The lowest BCUT2D eigenvalue weighted by molar-refractivity contribution is -0.384. The molecule has 0 spiro atoms. The fraction of sp³-hybridized carbons (Fsp3) is 0.0800. The van der Waals surface area contributed by atoms with Gasteiger partial charge in [0.25, 0.3) is 15.7 Å². The summed E-state index contributed by atoms with van der Waals surface area (Å²) >= 11 is 0. The van der Waals surface area contributed by atoms with Gasteiger partial charge in [0.15, 0.2) is 0 Å². The maximum absolute atomic E-state index is 12.6. The normalized spacial score (nSPS) is 12.4. The van der Waals surface area contributed by atoms with E-state index in [9.17, 15) is 18.5 Å². The molecule has 0 saturated carbocycles. The average Bonchev–Trinajstić information content (AvgIpc) is 2.83. The molecule has 0 amide bonds. The first-order valence-corrected chi connectivity index (χ1v) is 11.5. The summed E-state index contributed by atoms with van der Waals surface area (Å²) in [6.45, 7) is 0. The molecule has 0 fully saturated rings. The first-order valence-electron chi connectivity index (χ1n) is 10.0. The van der Waals surface area contributed by atoms with E-state index in [-0.39, 0.29) is 5.69 Å². The molecule has 8 heteroatoms. The van der Waals surface area contributed by atoms with Crippen LogP contribution in [0.3, 0.4) is 0 Å². The number of aliphatic imine (C=N–C) groups is 1. The highest BCUT2D eigenvalue weighted by atomic mass is 32.2. The molecule has 0 bridgehead atoms. The molecule has 0 radical (unpaired) electrons. The lowest BCUT2D eigenvalue weighted by Gasteiger charge is -2.12. The van der Waals surface area contributed by atoms with Crippen molar-refractivity contribution in [2.24, 2.45) is 4.99 Å². The first kappa shape index (κ1) is 23.6. The zero-order chi connectivity index (χ0) is 23.5. The molecular formula is C25H21N3O4S. The minimum absolute atomic E-state index is 0.0960. The number of rotatable bonds is 8. The smallest absolute Gasteiger partial charge is 0.272 e. The van der Waals surface area contributed by atoms with Crippen molar-refractivity contribution < 1.29 is 13.3 Å². The monoisotopic (exact) mass is 459 g/mol. The molecule has 1 unspecified atom stereocenters. The number of sulfonamides is 1. The topological polar surface area (TPSA) is 102 Å². The molecule has 0 saturated heterocycles. The van der Waals surface area contributed by atoms with Gasteiger partial charge in [-0.25, -0.2) is 0 Å². The second-order valence-electron chi connectivity index (χ2n) is 6.85. The van der Waals surface area contributed by atoms with Gasteiger partial charge in [-0.15, -0.1) is 0 Å². The lowest BCUT2D eigenvalue weighted by Crippen LogP contribution is -2.26. The van der Waals surface area contributed by atoms with Crippen LogP contribution in [-0.4, -0.2) is 19.6 Å². The second kappa shape index (κ2) is 11.5. The Morgan fingerprint density at radius 1 is 0.970 bits per heavy atom. The zero-order valence-electron chi connectivity index (χ0n) is 17.5. The summed E-state index contributed by atoms with van der Waals surface area (Å²) in [7, 11) is -4.02. The molecule has 7 nitrogen and oxygen atoms in total. The summed E-state index contributed by atoms with van der Waals surface area (Å²) in [5.74, 6) is 2.52. The third-order valence-corrected chi connectivity index (χ3v) is 5.30. The van der Waals surface area contributed by atoms with Gasteiger partial charge in [-0.2, -0.15) is 13.1 Å². The van der Waals surface area contributed by atoms with Crippen molar-refractivity contribution in [3.05, 3.63) is 118 Å². The van der Waals surface area contributed by atoms with Crippen molar-refractivity contribution in [1.82, 2.24) is 4.72 Å². The predicted molar refractivity (Wildman–Crippen MR) is 130 cm³/mol. The van der Waals surface area contributed by atoms with Crippen LogP contribution >= 0.6 is 0 Å². The Kier molecular flexibility index (Phi) is 8.24. The third kappa shape index (κ3) is 7.85. The van der Waals surface area contributed by atoms with E-state index >= 15 is 0 Å². The van der Waals surface area contributed by atoms with Crippen molar-refractivity contribution in [3.63, 3.8) is 0 Å². The zero-order valence-corrected chi connectivity index (χ0v) is 18.4. The molecule has 1 atom stereocenters. The van der Waals surface area contributed by atoms with Crippen LogP contribution < -0.4 is 4.72 Å². The van der Waals surface area contributed by atoms with Crippen LogP contribution in [0.2, 0.25) is 0 Å². The number of nitro groups is 1. The van der Waals surface area contributed by atoms with E-state index in [4.69, 9.17) is 0 Å². The number of benzene rings is 3. The third-order valence-electron chi connectivity index (χ3n) is 4.40. The molecule has 3 aromatic rings. The molecule has 0 aliphatic heterocycles. The van der Waals surface area contributed by atoms with Gasteiger partial charge in [0.1, 0.15) is 6.17 Å². The fourth-order valence-electron chi connectivity index (χ4n) is 2.78. The highest BCUT2D eigenvalue weighted by Gasteiger charge is 2.16. The van der Waals surface area contributed by atoms with Gasteiger partial charge < -0.3 is 0 Å². The van der Waals surface area contributed by atoms with Crippen LogP contribution in [0.1, 0.15) is 29.3 Å². The summed E-state index contributed by atoms with van der Waals surface area (Å²) in [6, 6.07) is 24.1. The number of nitro benzene ring substituents is 1. The Bertz CT molecular complexity index is 1290. The Labute approximate surface area is 192 Å². The largest absolute Gasteiger partial charge is 0.282 e. The Morgan fingerprint density at radius 2 is 1.61 bits per heavy atom. The highest BCUT2D eigenvalue weighted by molar-refractivity contribution is 7.94. The van der Waals surface area contributed by atoms with Gasteiger partial charge >= 0.3 is 0 Å². The van der Waals surface area contributed by atoms with Crippen LogP contribution in [0, 0.1) is 21.3 Å². The van der Waals surface area contributed by atoms with Crippen LogP contribution in [0.5, 0.6) is 0 Å². The number of nitrogens with zero attached hydrogens (tertiary/aromatic N) is 2. The number of allylic oxidation sites excluding steroid dienone is 1. The number of hydrogen-bond donors (Lipinski definition) is 1. The number of hydrogen-bond acceptors (Lipinski definition) is 5. The van der Waals surface area contributed by atoms with E-state index in [1.165, 1.54) is 24.3 Å². The Balaban J connectivity index is 1.72. The predicted octanol–water partition coefficient (Wildman–Crippen LogP) is 4.70. The summed E-state index contributed by atoms with van der Waals surface area (Å²) in [6.07, 6.45) is 5.22. The maximum atomic E-state index is 12.6. The minimum Gasteiger partial charge on any atom is -0.272 e. The SMILES string of the molecule is O=[N+]([O-])c1ccc(C#CS(=O)(=O)NC(N=CCC=Cc2ccccc2)c2ccccc2)cc1. The van der Waals surface area contributed by atoms with E-state index < -0.39 is 21.1 Å². The molecule has 3 aromatic carbocycles. The van der Waals surface area contributed by atoms with Gasteiger partial charge in [0.05, 0.1) is 4.92 Å². The molecule has 0 aliphatic carbocycles. The Hall–Kier alpha value is -4.06. The van der Waals surface area contributed by atoms with Crippen LogP contribution in [-0.2, 0) is 10.0 Å². The molecular weight excluding hydrogens is 438 g/mol. The molecule has 1 N–H and O–H groups in total. The van der Waals surface area contributed by atoms with Crippen molar-refractivity contribution >= 4 is 28.0 Å². The fourth-order valence-corrected chi connectivity index (χ4v) is 3.59. The molecule has 166 valence electrons. The van der Waals surface area contributed by atoms with E-state index in [0.717, 1.165) is 5.56 Å². The molecule has 33 heavy (non-hydrogen) atoms. The molecule has 3 rings (SSSR count). The lowest BCUT2D eigenvalue weighted by atomic mass is 10.2. The second-order valence-corrected chi connectivity index (χ2v) is 8.29. The van der Waals surface area contributed by atoms with E-state index in [2.05, 4.69) is 20.9 Å². The van der Waals surface area contributed by atoms with E-state index in [0.29, 0.717) is 17.5 Å². The van der Waals surface area contributed by atoms with Gasteiger partial charge in [-0.1, -0.05) is 72.8 Å². The summed E-state index contributed by atoms with van der Waals surface area (Å²) in [5, 5.41) is 12.9. The van der Waals surface area contributed by atoms with Crippen LogP contribution in [0.4, 0.5) is 5.69 Å². The van der Waals surface area contributed by atoms with Gasteiger partial charge in [-0.05, 0) is 29.2 Å². The first-order chi connectivity index (χ1) is 15.9. The maximum Gasteiger partial charge on any atom is 0.282 e. The van der Waals surface area contributed by atoms with Crippen LogP contribution in [0.15, 0.2) is 96.0 Å². The van der Waals surface area contributed by atoms with Crippen molar-refractivity contribution in [3.8, 4) is 11.2 Å². The molecule has 0 heterocycles. The summed E-state index contributed by atoms with van der Waals surface area (Å²) < 4.78 is 27.6. The van der Waals surface area contributed by atoms with E-state index in [1.807, 2.05) is 48.6 Å². The van der Waals surface area contributed by atoms with Gasteiger partial charge in [0.2, 0.25) is 0 Å². The summed E-state index contributed by atoms with van der Waals surface area (Å²) in [5.41, 5.74) is 1.98. The summed E-state index contributed by atoms with van der Waals surface area (Å²) in [4.78, 5) is 14.6. The van der Waals surface area contributed by atoms with Gasteiger partial charge in [-0.3, -0.25) is 15.1 Å². The molecule has 0 aromatic heterocycles. The van der Waals surface area contributed by atoms with Gasteiger partial charge in [0, 0.05) is 35.6 Å². The van der Waals surface area contributed by atoms with Crippen molar-refractivity contribution in [1.29, 1.82) is 0 Å². The Morgan fingerprint density at radius 3 is 2.24 bits per heavy atom. The van der Waals surface area contributed by atoms with E-state index in [1.54, 1.807) is 30.5 Å². The average molecular weight is 460 g/mol. The quantitative estimate of drug-likeness (QED) is 0.228. The van der Waals surface area contributed by atoms with Crippen molar-refractivity contribution in [2.45, 2.75) is 12.6 Å².